The maximum Gasteiger partial charge on any atom is 0.327 e. The molecule has 0 aliphatic rings. The molecule has 0 bridgehead atoms. The van der Waals surface area contributed by atoms with E-state index >= 15 is 0 Å². The number of rotatable bonds is 5. The third-order valence-corrected chi connectivity index (χ3v) is 3.16. The molecule has 0 spiro atoms. The maximum absolute atomic E-state index is 12.2. The Bertz CT molecular complexity index is 844. The van der Waals surface area contributed by atoms with Crippen LogP contribution in [-0.2, 0) is 25.7 Å². The number of furan rings is 1. The fourth-order valence-electron chi connectivity index (χ4n) is 1.96. The first-order valence-electron chi connectivity index (χ1n) is 7.91. The molecular formula is C18H18N4O5. The van der Waals surface area contributed by atoms with Crippen molar-refractivity contribution < 1.29 is 23.6 Å². The van der Waals surface area contributed by atoms with Gasteiger partial charge in [-0.3, -0.25) is 30.0 Å². The van der Waals surface area contributed by atoms with E-state index in [0.29, 0.717) is 11.3 Å². The van der Waals surface area contributed by atoms with Crippen LogP contribution in [-0.4, -0.2) is 23.6 Å². The van der Waals surface area contributed by atoms with Crippen molar-refractivity contribution in [3.8, 4) is 0 Å². The van der Waals surface area contributed by atoms with Crippen LogP contribution in [0.5, 0.6) is 0 Å². The molecular weight excluding hydrogens is 352 g/mol. The largest absolute Gasteiger partial charge is 0.467 e. The second-order valence-electron chi connectivity index (χ2n) is 5.32. The number of hydrogen-bond donors (Lipinski definition) is 4. The molecule has 4 N–H and O–H groups in total. The molecule has 0 aliphatic carbocycles. The molecule has 0 radical (unpaired) electrons. The topological polar surface area (TPSA) is 130 Å². The fraction of sp³-hybridized carbons (Fsp3) is 0.111. The summed E-state index contributed by atoms with van der Waals surface area (Å²) in [6.45, 7) is 1.27. The predicted molar refractivity (Wildman–Crippen MR) is 95.1 cm³/mol. The first-order valence-corrected chi connectivity index (χ1v) is 7.91. The van der Waals surface area contributed by atoms with Crippen molar-refractivity contribution in [2.45, 2.75) is 13.5 Å². The minimum Gasteiger partial charge on any atom is -0.467 e. The number of carbonyl (C=O) groups excluding carboxylic acids is 4. The quantitative estimate of drug-likeness (QED) is 0.340. The summed E-state index contributed by atoms with van der Waals surface area (Å²) in [6.07, 6.45) is 2.87. The van der Waals surface area contributed by atoms with Crippen LogP contribution in [0.15, 0.2) is 58.8 Å². The van der Waals surface area contributed by atoms with Gasteiger partial charge in [-0.2, -0.15) is 0 Å². The highest BCUT2D eigenvalue weighted by atomic mass is 16.3. The Morgan fingerprint density at radius 3 is 2.26 bits per heavy atom. The van der Waals surface area contributed by atoms with Crippen molar-refractivity contribution >= 4 is 29.7 Å². The van der Waals surface area contributed by atoms with Gasteiger partial charge < -0.3 is 15.1 Å². The van der Waals surface area contributed by atoms with Crippen LogP contribution in [0.2, 0.25) is 0 Å². The third-order valence-electron chi connectivity index (χ3n) is 3.16. The van der Waals surface area contributed by atoms with Gasteiger partial charge in [-0.15, -0.1) is 0 Å². The molecule has 9 nitrogen and oxygen atoms in total. The average molecular weight is 370 g/mol. The molecule has 1 heterocycles. The number of hydrazine groups is 1. The summed E-state index contributed by atoms with van der Waals surface area (Å²) in [4.78, 5) is 46.9. The zero-order valence-electron chi connectivity index (χ0n) is 14.4. The standard InChI is InChI=1S/C18H18N4O5/c1-12(23)20-15(10-13-6-3-2-4-7-13)16(24)21-22-18(26)17(25)19-11-14-8-5-9-27-14/h2-10H,11H2,1H3,(H,19,25)(H,20,23)(H,21,24)(H,22,26)/b15-10-. The highest BCUT2D eigenvalue weighted by molar-refractivity contribution is 6.35. The van der Waals surface area contributed by atoms with Crippen LogP contribution in [0.3, 0.4) is 0 Å². The van der Waals surface area contributed by atoms with Crippen LogP contribution in [0.25, 0.3) is 6.08 Å². The minimum absolute atomic E-state index is 0.0260. The van der Waals surface area contributed by atoms with Gasteiger partial charge >= 0.3 is 11.8 Å². The van der Waals surface area contributed by atoms with Gasteiger partial charge in [0.15, 0.2) is 0 Å². The van der Waals surface area contributed by atoms with Crippen molar-refractivity contribution in [3.63, 3.8) is 0 Å². The molecule has 0 saturated carbocycles. The summed E-state index contributed by atoms with van der Waals surface area (Å²) in [5.74, 6) is -2.81. The molecule has 0 atom stereocenters. The fourth-order valence-corrected chi connectivity index (χ4v) is 1.96. The molecule has 2 aromatic rings. The van der Waals surface area contributed by atoms with E-state index in [2.05, 4.69) is 16.1 Å². The van der Waals surface area contributed by atoms with Crippen molar-refractivity contribution in [1.82, 2.24) is 21.5 Å². The highest BCUT2D eigenvalue weighted by Gasteiger charge is 2.16. The Hall–Kier alpha value is -3.88. The summed E-state index contributed by atoms with van der Waals surface area (Å²) in [7, 11) is 0. The first-order chi connectivity index (χ1) is 13.0. The van der Waals surface area contributed by atoms with Gasteiger partial charge in [0.1, 0.15) is 11.5 Å². The third kappa shape index (κ3) is 6.50. The second-order valence-corrected chi connectivity index (χ2v) is 5.32. The predicted octanol–water partition coefficient (Wildman–Crippen LogP) is 0.220. The summed E-state index contributed by atoms with van der Waals surface area (Å²) in [6, 6.07) is 12.1. The Kier molecular flexibility index (Phi) is 6.89. The van der Waals surface area contributed by atoms with Crippen molar-refractivity contribution in [2.24, 2.45) is 0 Å². The van der Waals surface area contributed by atoms with Gasteiger partial charge in [-0.25, -0.2) is 0 Å². The molecule has 27 heavy (non-hydrogen) atoms. The lowest BCUT2D eigenvalue weighted by Crippen LogP contribution is -2.50. The smallest absolute Gasteiger partial charge is 0.327 e. The summed E-state index contributed by atoms with van der Waals surface area (Å²) < 4.78 is 5.02. The van der Waals surface area contributed by atoms with Crippen LogP contribution in [0.4, 0.5) is 0 Å². The van der Waals surface area contributed by atoms with Gasteiger partial charge in [-0.1, -0.05) is 30.3 Å². The maximum atomic E-state index is 12.2. The number of nitrogens with one attached hydrogen (secondary N) is 4. The normalized spacial score (nSPS) is 10.6. The van der Waals surface area contributed by atoms with E-state index in [1.807, 2.05) is 5.43 Å². The molecule has 0 fully saturated rings. The van der Waals surface area contributed by atoms with Crippen LogP contribution < -0.4 is 21.5 Å². The SMILES string of the molecule is CC(=O)N/C(=C\c1ccccc1)C(=O)NNC(=O)C(=O)NCc1ccco1. The molecule has 0 unspecified atom stereocenters. The Morgan fingerprint density at radius 2 is 1.63 bits per heavy atom. The molecule has 140 valence electrons. The highest BCUT2D eigenvalue weighted by Crippen LogP contribution is 2.05. The van der Waals surface area contributed by atoms with Crippen molar-refractivity contribution in [1.29, 1.82) is 0 Å². The number of carbonyl (C=O) groups is 4. The van der Waals surface area contributed by atoms with Crippen molar-refractivity contribution in [2.75, 3.05) is 0 Å². The zero-order valence-corrected chi connectivity index (χ0v) is 14.4. The van der Waals surface area contributed by atoms with Gasteiger partial charge in [0.2, 0.25) is 5.91 Å². The van der Waals surface area contributed by atoms with E-state index in [4.69, 9.17) is 4.42 Å². The van der Waals surface area contributed by atoms with Gasteiger partial charge in [0.25, 0.3) is 5.91 Å². The minimum atomic E-state index is -1.07. The van der Waals surface area contributed by atoms with Crippen molar-refractivity contribution in [3.05, 3.63) is 65.7 Å². The summed E-state index contributed by atoms with van der Waals surface area (Å²) >= 11 is 0. The Morgan fingerprint density at radius 1 is 0.926 bits per heavy atom. The first kappa shape index (κ1) is 19.4. The van der Waals surface area contributed by atoms with Gasteiger partial charge in [-0.05, 0) is 23.8 Å². The van der Waals surface area contributed by atoms with E-state index in [0.717, 1.165) is 0 Å². The van der Waals surface area contributed by atoms with Gasteiger partial charge in [0, 0.05) is 6.92 Å². The Balaban J connectivity index is 1.92. The van der Waals surface area contributed by atoms with Crippen LogP contribution >= 0.6 is 0 Å². The molecule has 9 heteroatoms. The molecule has 0 saturated heterocycles. The molecule has 2 rings (SSSR count). The summed E-state index contributed by atoms with van der Waals surface area (Å²) in [5, 5.41) is 4.70. The molecule has 0 aliphatic heterocycles. The van der Waals surface area contributed by atoms with E-state index < -0.39 is 23.6 Å². The average Bonchev–Trinajstić information content (AvgIpc) is 3.17. The molecule has 1 aromatic heterocycles. The molecule has 4 amide bonds. The molecule has 1 aromatic carbocycles. The Labute approximate surface area is 154 Å². The monoisotopic (exact) mass is 370 g/mol. The number of hydrogen-bond acceptors (Lipinski definition) is 5. The summed E-state index contributed by atoms with van der Waals surface area (Å²) in [5.41, 5.74) is 4.63. The van der Waals surface area contributed by atoms with E-state index in [1.165, 1.54) is 19.3 Å². The van der Waals surface area contributed by atoms with E-state index in [9.17, 15) is 19.2 Å². The van der Waals surface area contributed by atoms with E-state index in [1.54, 1.807) is 42.5 Å². The lowest BCUT2D eigenvalue weighted by molar-refractivity contribution is -0.140. The van der Waals surface area contributed by atoms with Gasteiger partial charge in [0.05, 0.1) is 12.8 Å². The van der Waals surface area contributed by atoms with Crippen LogP contribution in [0, 0.1) is 0 Å². The van der Waals surface area contributed by atoms with E-state index in [-0.39, 0.29) is 12.2 Å². The zero-order chi connectivity index (χ0) is 19.6. The lowest BCUT2D eigenvalue weighted by Gasteiger charge is -2.10. The van der Waals surface area contributed by atoms with Crippen LogP contribution in [0.1, 0.15) is 18.2 Å². The lowest BCUT2D eigenvalue weighted by atomic mass is 10.2. The number of benzene rings is 1. The second kappa shape index (κ2) is 9.56. The number of amides is 4.